The van der Waals surface area contributed by atoms with Crippen molar-refractivity contribution in [1.82, 2.24) is 0 Å². The summed E-state index contributed by atoms with van der Waals surface area (Å²) in [7, 11) is 0. The number of rotatable bonds is 4. The van der Waals surface area contributed by atoms with Crippen LogP contribution in [-0.2, 0) is 21.7 Å². The minimum absolute atomic E-state index is 0.117. The molecule has 0 atom stereocenters. The lowest BCUT2D eigenvalue weighted by molar-refractivity contribution is 0.568. The van der Waals surface area contributed by atoms with Gasteiger partial charge in [0.15, 0.2) is 0 Å². The summed E-state index contributed by atoms with van der Waals surface area (Å²) < 4.78 is 0. The molecule has 2 heterocycles. The van der Waals surface area contributed by atoms with Gasteiger partial charge in [0, 0.05) is 44.9 Å². The minimum atomic E-state index is -0.126. The summed E-state index contributed by atoms with van der Waals surface area (Å²) in [6.07, 6.45) is 0. The molecule has 2 nitrogen and oxygen atoms in total. The lowest BCUT2D eigenvalue weighted by atomic mass is 9.33. The molecule has 0 N–H and O–H groups in total. The van der Waals surface area contributed by atoms with Crippen LogP contribution in [0.1, 0.15) is 116 Å². The number of anilines is 6. The first-order valence-corrected chi connectivity index (χ1v) is 30.2. The summed E-state index contributed by atoms with van der Waals surface area (Å²) in [6, 6.07) is 74.1. The molecule has 0 bridgehead atoms. The number of fused-ring (bicyclic) bond motifs is 6. The van der Waals surface area contributed by atoms with Crippen LogP contribution < -0.4 is 26.2 Å². The highest BCUT2D eigenvalue weighted by molar-refractivity contribution is 7.01. The van der Waals surface area contributed by atoms with E-state index in [1.807, 2.05) is 0 Å². The molecule has 13 aromatic rings. The normalized spacial score (nSPS) is 13.8. The Bertz CT molecular complexity index is 4480. The van der Waals surface area contributed by atoms with Crippen molar-refractivity contribution in [2.45, 2.75) is 119 Å². The van der Waals surface area contributed by atoms with Gasteiger partial charge in [-0.2, -0.15) is 0 Å². The minimum Gasteiger partial charge on any atom is -0.311 e. The van der Waals surface area contributed by atoms with Crippen molar-refractivity contribution in [1.29, 1.82) is 0 Å². The Morgan fingerprint density at radius 2 is 0.687 bits per heavy atom. The number of nitrogens with zero attached hydrogens (tertiary/aromatic N) is 2. The van der Waals surface area contributed by atoms with Crippen molar-refractivity contribution in [3.8, 4) is 22.3 Å². The van der Waals surface area contributed by atoms with Crippen molar-refractivity contribution < 1.29 is 0 Å². The number of benzene rings is 13. The molecular weight excluding hydrogens is 1000 g/mol. The van der Waals surface area contributed by atoms with Gasteiger partial charge in [-0.3, -0.25) is 0 Å². The van der Waals surface area contributed by atoms with Crippen molar-refractivity contribution in [3.63, 3.8) is 0 Å². The molecule has 0 unspecified atom stereocenters. The van der Waals surface area contributed by atoms with Crippen LogP contribution in [0.2, 0.25) is 0 Å². The van der Waals surface area contributed by atoms with Gasteiger partial charge in [-0.05, 0) is 198 Å². The van der Waals surface area contributed by atoms with Crippen molar-refractivity contribution in [2.75, 3.05) is 9.80 Å². The van der Waals surface area contributed by atoms with E-state index in [4.69, 9.17) is 0 Å². The smallest absolute Gasteiger partial charge is 0.252 e. The van der Waals surface area contributed by atoms with Crippen molar-refractivity contribution in [2.24, 2.45) is 0 Å². The second-order valence-corrected chi connectivity index (χ2v) is 28.8. The van der Waals surface area contributed by atoms with E-state index in [9.17, 15) is 0 Å². The first-order chi connectivity index (χ1) is 39.5. The fraction of sp³-hybridized carbons (Fsp3) is 0.225. The third-order valence-electron chi connectivity index (χ3n) is 19.0. The van der Waals surface area contributed by atoms with E-state index in [0.29, 0.717) is 0 Å². The summed E-state index contributed by atoms with van der Waals surface area (Å²) in [6.45, 7) is 33.1. The molecule has 0 radical (unpaired) electrons. The Morgan fingerprint density at radius 3 is 1.07 bits per heavy atom. The Kier molecular flexibility index (Phi) is 10.9. The van der Waals surface area contributed by atoms with Crippen LogP contribution in [0, 0.1) is 13.8 Å². The Balaban J connectivity index is 1.17. The van der Waals surface area contributed by atoms with Gasteiger partial charge in [0.2, 0.25) is 0 Å². The van der Waals surface area contributed by atoms with Gasteiger partial charge in [0.1, 0.15) is 0 Å². The number of aryl methyl sites for hydroxylation is 2. The van der Waals surface area contributed by atoms with Crippen LogP contribution in [0.25, 0.3) is 86.9 Å². The summed E-state index contributed by atoms with van der Waals surface area (Å²) in [5, 5.41) is 15.6. The monoisotopic (exact) mass is 1070 g/mol. The summed E-state index contributed by atoms with van der Waals surface area (Å²) >= 11 is 0. The zero-order valence-corrected chi connectivity index (χ0v) is 50.9. The average molecular weight is 1070 g/mol. The van der Waals surface area contributed by atoms with E-state index in [-0.39, 0.29) is 28.4 Å². The molecule has 406 valence electrons. The highest BCUT2D eigenvalue weighted by atomic mass is 15.2. The zero-order valence-electron chi connectivity index (χ0n) is 50.9. The van der Waals surface area contributed by atoms with E-state index >= 15 is 0 Å². The van der Waals surface area contributed by atoms with Crippen molar-refractivity contribution >= 4 is 122 Å². The molecule has 2 aliphatic heterocycles. The van der Waals surface area contributed by atoms with Crippen LogP contribution >= 0.6 is 0 Å². The maximum absolute atomic E-state index is 2.74. The summed E-state index contributed by atoms with van der Waals surface area (Å²) in [5.41, 5.74) is 23.7. The first kappa shape index (κ1) is 51.5. The molecule has 15 rings (SSSR count). The van der Waals surface area contributed by atoms with Crippen LogP contribution in [0.3, 0.4) is 0 Å². The molecule has 2 aliphatic rings. The predicted molar refractivity (Wildman–Crippen MR) is 363 cm³/mol. The number of hydrogen-bond donors (Lipinski definition) is 0. The van der Waals surface area contributed by atoms with Crippen LogP contribution in [0.15, 0.2) is 188 Å². The zero-order chi connectivity index (χ0) is 57.6. The third kappa shape index (κ3) is 7.83. The lowest BCUT2D eigenvalue weighted by Crippen LogP contribution is -2.61. The van der Waals surface area contributed by atoms with Gasteiger partial charge < -0.3 is 9.80 Å². The quantitative estimate of drug-likeness (QED) is 0.128. The maximum atomic E-state index is 2.74. The molecule has 83 heavy (non-hydrogen) atoms. The molecule has 0 aromatic heterocycles. The van der Waals surface area contributed by atoms with Gasteiger partial charge in [0.25, 0.3) is 6.71 Å². The second kappa shape index (κ2) is 17.6. The Morgan fingerprint density at radius 1 is 0.313 bits per heavy atom. The largest absolute Gasteiger partial charge is 0.311 e. The number of hydrogen-bond acceptors (Lipinski definition) is 2. The molecule has 0 aliphatic carbocycles. The van der Waals surface area contributed by atoms with Crippen LogP contribution in [0.4, 0.5) is 34.1 Å². The molecule has 0 saturated heterocycles. The molecular formula is C80H73BN2. The Labute approximate surface area is 491 Å². The standard InChI is InChI=1S/C80H73BN2/c1-46-34-55(48-20-16-15-17-21-48)35-47(2)69(46)56-38-67-74-68(39-56)83(62-44-59(79(9,10)11)41-60(45-62)80(12,13)14)76-64-33-31-52-25-19-23-50-27-29-54(73(64)71(50)52)37-66(76)81(74)65-36-53-28-26-49-22-18-24-51-30-32-63(72(53)70(49)51)75(65)82(67)61-42-57(77(3,4)5)40-58(43-61)78(6,7)8/h15-45H,1-14H3. The van der Waals surface area contributed by atoms with Gasteiger partial charge in [-0.25, -0.2) is 0 Å². The summed E-state index contributed by atoms with van der Waals surface area (Å²) in [5.74, 6) is 0. The van der Waals surface area contributed by atoms with E-state index < -0.39 is 0 Å². The lowest BCUT2D eigenvalue weighted by Gasteiger charge is -2.46. The molecule has 0 spiro atoms. The molecule has 0 amide bonds. The molecule has 3 heteroatoms. The topological polar surface area (TPSA) is 6.48 Å². The van der Waals surface area contributed by atoms with Gasteiger partial charge >= 0.3 is 0 Å². The second-order valence-electron chi connectivity index (χ2n) is 28.8. The van der Waals surface area contributed by atoms with Crippen LogP contribution in [-0.4, -0.2) is 6.71 Å². The van der Waals surface area contributed by atoms with E-state index in [1.165, 1.54) is 171 Å². The average Bonchev–Trinajstić information content (AvgIpc) is 0.777. The fourth-order valence-electron chi connectivity index (χ4n) is 14.7. The van der Waals surface area contributed by atoms with Crippen LogP contribution in [0.5, 0.6) is 0 Å². The SMILES string of the molecule is Cc1cc(-c2ccccc2)cc(C)c1-c1cc2c3c(c1)N(c1cc(C(C)(C)C)cc(C(C)(C)C)c1)c1c(cc4ccc5cccc6ccc1c4c56)B3c1cc3ccc4cccc5ccc(c1N2c1cc(C(C)(C)C)cc(C(C)(C)C)c1)c3c45. The highest BCUT2D eigenvalue weighted by Crippen LogP contribution is 2.54. The van der Waals surface area contributed by atoms with E-state index in [1.54, 1.807) is 0 Å². The molecule has 13 aromatic carbocycles. The first-order valence-electron chi connectivity index (χ1n) is 30.2. The molecule has 0 saturated carbocycles. The summed E-state index contributed by atoms with van der Waals surface area (Å²) in [4.78, 5) is 5.49. The third-order valence-corrected chi connectivity index (χ3v) is 19.0. The van der Waals surface area contributed by atoms with Gasteiger partial charge in [-0.1, -0.05) is 235 Å². The van der Waals surface area contributed by atoms with Gasteiger partial charge in [0.05, 0.1) is 0 Å². The maximum Gasteiger partial charge on any atom is 0.252 e. The Hall–Kier alpha value is -8.40. The highest BCUT2D eigenvalue weighted by Gasteiger charge is 2.46. The molecule has 0 fully saturated rings. The fourth-order valence-corrected chi connectivity index (χ4v) is 14.7. The predicted octanol–water partition coefficient (Wildman–Crippen LogP) is 20.7. The van der Waals surface area contributed by atoms with Gasteiger partial charge in [-0.15, -0.1) is 0 Å². The van der Waals surface area contributed by atoms with E-state index in [0.717, 1.165) is 0 Å². The van der Waals surface area contributed by atoms with Crippen molar-refractivity contribution in [3.05, 3.63) is 221 Å². The van der Waals surface area contributed by atoms with E-state index in [2.05, 4.69) is 295 Å².